The number of amides is 1. The molecule has 2 heterocycles. The lowest BCUT2D eigenvalue weighted by Gasteiger charge is -2.22. The summed E-state index contributed by atoms with van der Waals surface area (Å²) in [4.78, 5) is 17.2. The van der Waals surface area contributed by atoms with E-state index < -0.39 is 11.8 Å². The summed E-state index contributed by atoms with van der Waals surface area (Å²) in [7, 11) is 1.88. The van der Waals surface area contributed by atoms with Crippen LogP contribution in [0.3, 0.4) is 0 Å². The van der Waals surface area contributed by atoms with E-state index in [-0.39, 0.29) is 12.3 Å². The highest BCUT2D eigenvalue weighted by atomic mass is 32.1. The van der Waals surface area contributed by atoms with Crippen molar-refractivity contribution in [1.29, 1.82) is 0 Å². The summed E-state index contributed by atoms with van der Waals surface area (Å²) < 4.78 is 28.8. The molecule has 1 amide bonds. The molecule has 2 aliphatic carbocycles. The average molecular weight is 465 g/mol. The maximum absolute atomic E-state index is 13.5. The van der Waals surface area contributed by atoms with Crippen LogP contribution >= 0.6 is 11.3 Å². The number of rotatable bonds is 8. The number of nitrogens with zero attached hydrogens (tertiary/aromatic N) is 2. The van der Waals surface area contributed by atoms with Gasteiger partial charge >= 0.3 is 0 Å². The van der Waals surface area contributed by atoms with Crippen molar-refractivity contribution in [3.05, 3.63) is 70.5 Å². The first-order valence-electron chi connectivity index (χ1n) is 11.1. The number of allylic oxidation sites excluding steroid dienone is 1. The Morgan fingerprint density at radius 3 is 2.82 bits per heavy atom. The molecular weight excluding hydrogens is 441 g/mol. The number of hydrogen-bond acceptors (Lipinski definition) is 4. The first kappa shape index (κ1) is 21.9. The van der Waals surface area contributed by atoms with E-state index in [0.29, 0.717) is 17.7 Å². The van der Waals surface area contributed by atoms with E-state index >= 15 is 0 Å². The lowest BCUT2D eigenvalue weighted by Crippen LogP contribution is -2.29. The van der Waals surface area contributed by atoms with Gasteiger partial charge in [-0.05, 0) is 48.7 Å². The van der Waals surface area contributed by atoms with E-state index in [9.17, 15) is 13.6 Å². The lowest BCUT2D eigenvalue weighted by atomic mass is 9.90. The standard InChI is InChI=1S/C24H24BF2N4OS/c1-25-31-9-8-18(13-31)22(32)28-12-20(15-4-2-5-15)29-23-30-21(14-33-23)17-7-3-6-16(10-17)19-11-24(19,26)27/h3,6-10,13-14,19H,2,4-5,11-12H2,1H3,(H,28,32)(H,29,30). The van der Waals surface area contributed by atoms with Gasteiger partial charge in [-0.25, -0.2) is 13.8 Å². The van der Waals surface area contributed by atoms with Crippen LogP contribution in [0.25, 0.3) is 11.3 Å². The third kappa shape index (κ3) is 4.73. The van der Waals surface area contributed by atoms with Crippen molar-refractivity contribution in [2.24, 2.45) is 0 Å². The van der Waals surface area contributed by atoms with Crippen molar-refractivity contribution >= 4 is 29.8 Å². The Kier molecular flexibility index (Phi) is 5.82. The summed E-state index contributed by atoms with van der Waals surface area (Å²) in [5, 5.41) is 9.05. The minimum absolute atomic E-state index is 0.0790. The number of carbonyl (C=O) groups excluding carboxylic acids is 1. The molecule has 169 valence electrons. The van der Waals surface area contributed by atoms with E-state index in [1.54, 1.807) is 18.3 Å². The summed E-state index contributed by atoms with van der Waals surface area (Å²) in [6.07, 6.45) is 6.72. The molecule has 3 aromatic rings. The highest BCUT2D eigenvalue weighted by molar-refractivity contribution is 7.14. The van der Waals surface area contributed by atoms with Gasteiger partial charge in [-0.1, -0.05) is 25.0 Å². The zero-order chi connectivity index (χ0) is 23.0. The van der Waals surface area contributed by atoms with Gasteiger partial charge in [0.05, 0.1) is 23.7 Å². The smallest absolute Gasteiger partial charge is 0.255 e. The quantitative estimate of drug-likeness (QED) is 0.430. The molecule has 1 unspecified atom stereocenters. The van der Waals surface area contributed by atoms with E-state index in [0.717, 1.165) is 41.3 Å². The van der Waals surface area contributed by atoms with Crippen molar-refractivity contribution in [2.75, 3.05) is 11.9 Å². The first-order valence-corrected chi connectivity index (χ1v) is 12.0. The van der Waals surface area contributed by atoms with Gasteiger partial charge in [-0.15, -0.1) is 11.3 Å². The molecule has 5 nitrogen and oxygen atoms in total. The Morgan fingerprint density at radius 1 is 1.33 bits per heavy atom. The van der Waals surface area contributed by atoms with E-state index in [2.05, 4.69) is 15.6 Å². The second kappa shape index (κ2) is 8.78. The fraction of sp³-hybridized carbons (Fsp3) is 0.333. The monoisotopic (exact) mass is 465 g/mol. The number of aromatic nitrogens is 2. The molecule has 1 atom stereocenters. The molecule has 5 rings (SSSR count). The Balaban J connectivity index is 1.27. The lowest BCUT2D eigenvalue weighted by molar-refractivity contribution is 0.0956. The Morgan fingerprint density at radius 2 is 2.15 bits per heavy atom. The number of carbonyl (C=O) groups is 1. The molecule has 2 saturated carbocycles. The zero-order valence-corrected chi connectivity index (χ0v) is 19.1. The molecule has 1 aromatic carbocycles. The largest absolute Gasteiger partial charge is 0.402 e. The Labute approximate surface area is 196 Å². The van der Waals surface area contributed by atoms with E-state index in [1.165, 1.54) is 16.9 Å². The molecule has 0 saturated heterocycles. The summed E-state index contributed by atoms with van der Waals surface area (Å²) in [5.74, 6) is -3.39. The Bertz CT molecular complexity index is 1210. The number of benzene rings is 1. The van der Waals surface area contributed by atoms with Crippen LogP contribution < -0.4 is 10.6 Å². The molecule has 2 fully saturated rings. The highest BCUT2D eigenvalue weighted by Gasteiger charge is 2.57. The molecular formula is C24H24BF2N4OS. The van der Waals surface area contributed by atoms with E-state index in [4.69, 9.17) is 0 Å². The first-order chi connectivity index (χ1) is 15.9. The minimum Gasteiger partial charge on any atom is -0.402 e. The van der Waals surface area contributed by atoms with Crippen molar-refractivity contribution in [3.63, 3.8) is 0 Å². The molecule has 33 heavy (non-hydrogen) atoms. The number of nitrogens with one attached hydrogen (secondary N) is 2. The van der Waals surface area contributed by atoms with Gasteiger partial charge in [0.15, 0.2) is 5.13 Å². The third-order valence-electron chi connectivity index (χ3n) is 6.26. The van der Waals surface area contributed by atoms with Gasteiger partial charge in [0.2, 0.25) is 7.41 Å². The van der Waals surface area contributed by atoms with Crippen LogP contribution in [-0.2, 0) is 0 Å². The van der Waals surface area contributed by atoms with Crippen molar-refractivity contribution in [1.82, 2.24) is 14.8 Å². The maximum Gasteiger partial charge on any atom is 0.255 e. The number of anilines is 1. The third-order valence-corrected chi connectivity index (χ3v) is 7.01. The number of hydrogen-bond donors (Lipinski definition) is 2. The number of halogens is 2. The van der Waals surface area contributed by atoms with Crippen LogP contribution in [-0.4, -0.2) is 35.3 Å². The molecule has 1 radical (unpaired) electrons. The molecule has 0 bridgehead atoms. The summed E-state index contributed by atoms with van der Waals surface area (Å²) in [5.41, 5.74) is 5.14. The SMILES string of the molecule is C[B]n1ccc(C(=O)NCC(Nc2nc(-c3cccc(C4CC4(F)F)c3)cs2)=C2CCC2)c1. The van der Waals surface area contributed by atoms with Crippen LogP contribution in [0.2, 0.25) is 6.82 Å². The summed E-state index contributed by atoms with van der Waals surface area (Å²) in [6, 6.07) is 9.07. The molecule has 0 spiro atoms. The van der Waals surface area contributed by atoms with Gasteiger partial charge < -0.3 is 15.1 Å². The predicted octanol–water partition coefficient (Wildman–Crippen LogP) is 5.53. The van der Waals surface area contributed by atoms with Crippen LogP contribution in [0.1, 0.15) is 47.5 Å². The van der Waals surface area contributed by atoms with Crippen LogP contribution in [0.4, 0.5) is 13.9 Å². The summed E-state index contributed by atoms with van der Waals surface area (Å²) >= 11 is 1.47. The van der Waals surface area contributed by atoms with Crippen LogP contribution in [0.15, 0.2) is 59.4 Å². The van der Waals surface area contributed by atoms with Gasteiger partial charge in [0.25, 0.3) is 11.8 Å². The minimum atomic E-state index is -2.58. The van der Waals surface area contributed by atoms with Gasteiger partial charge in [0.1, 0.15) is 0 Å². The second-order valence-corrected chi connectivity index (χ2v) is 9.39. The highest BCUT2D eigenvalue weighted by Crippen LogP contribution is 2.56. The number of thiazole rings is 1. The Hall–Kier alpha value is -2.94. The van der Waals surface area contributed by atoms with Crippen molar-refractivity contribution in [3.8, 4) is 11.3 Å². The molecule has 2 aliphatic rings. The fourth-order valence-electron chi connectivity index (χ4n) is 3.97. The van der Waals surface area contributed by atoms with Crippen LogP contribution in [0.5, 0.6) is 0 Å². The molecule has 2 aromatic heterocycles. The average Bonchev–Trinajstić information content (AvgIpc) is 3.17. The normalized spacial score (nSPS) is 18.4. The topological polar surface area (TPSA) is 59.0 Å². The van der Waals surface area contributed by atoms with Crippen molar-refractivity contribution < 1.29 is 13.6 Å². The fourth-order valence-corrected chi connectivity index (χ4v) is 4.72. The summed E-state index contributed by atoms with van der Waals surface area (Å²) in [6.45, 7) is 2.31. The van der Waals surface area contributed by atoms with Gasteiger partial charge in [0, 0.05) is 29.3 Å². The molecule has 9 heteroatoms. The van der Waals surface area contributed by atoms with Crippen LogP contribution in [0, 0.1) is 0 Å². The molecule has 2 N–H and O–H groups in total. The van der Waals surface area contributed by atoms with Crippen molar-refractivity contribution in [2.45, 2.75) is 44.3 Å². The number of alkyl halides is 2. The molecule has 0 aliphatic heterocycles. The maximum atomic E-state index is 13.5. The zero-order valence-electron chi connectivity index (χ0n) is 18.3. The van der Waals surface area contributed by atoms with Gasteiger partial charge in [-0.3, -0.25) is 4.79 Å². The predicted molar refractivity (Wildman–Crippen MR) is 128 cm³/mol. The van der Waals surface area contributed by atoms with Gasteiger partial charge in [-0.2, -0.15) is 0 Å². The van der Waals surface area contributed by atoms with E-state index in [1.807, 2.05) is 48.5 Å². The second-order valence-electron chi connectivity index (χ2n) is 8.53.